The second kappa shape index (κ2) is 3.11. The van der Waals surface area contributed by atoms with E-state index in [9.17, 15) is 0 Å². The van der Waals surface area contributed by atoms with Crippen LogP contribution in [0.1, 0.15) is 13.8 Å². The predicted octanol–water partition coefficient (Wildman–Crippen LogP) is 2.40. The third-order valence-corrected chi connectivity index (χ3v) is 6.82. The Balaban J connectivity index is 2.64. The molecule has 3 atom stereocenters. The Kier molecular flexibility index (Phi) is 2.81. The fourth-order valence-electron chi connectivity index (χ4n) is 0.690. The van der Waals surface area contributed by atoms with Gasteiger partial charge in [0.2, 0.25) is 5.69 Å². The average molecular weight is 198 g/mol. The summed E-state index contributed by atoms with van der Waals surface area (Å²) in [7, 11) is 0. The van der Waals surface area contributed by atoms with Gasteiger partial charge in [-0.2, -0.15) is 0 Å². The molecule has 2 nitrogen and oxygen atoms in total. The van der Waals surface area contributed by atoms with E-state index in [0.29, 0.717) is 0 Å². The van der Waals surface area contributed by atoms with Crippen LogP contribution in [0.2, 0.25) is 0 Å². The van der Waals surface area contributed by atoms with Crippen LogP contribution in [0, 0.1) is 0 Å². The van der Waals surface area contributed by atoms with Gasteiger partial charge < -0.3 is 9.05 Å². The van der Waals surface area contributed by atoms with E-state index >= 15 is 0 Å². The molecular formula is C5H11O2PS2. The Bertz CT molecular complexity index is 159. The standard InChI is InChI=1S/C5H11O2PS2/c1-4-5(2)7-8(9,6-4)10-3/h4-5H,1-3H3/t4-,5+,8?. The van der Waals surface area contributed by atoms with Gasteiger partial charge in [0.25, 0.3) is 0 Å². The zero-order valence-electron chi connectivity index (χ0n) is 6.23. The Hall–Kier alpha value is 0.920. The molecule has 0 bridgehead atoms. The molecule has 1 aliphatic rings. The molecule has 0 saturated carbocycles. The Morgan fingerprint density at radius 1 is 1.30 bits per heavy atom. The molecule has 0 N–H and O–H groups in total. The summed E-state index contributed by atoms with van der Waals surface area (Å²) in [6.07, 6.45) is 2.27. The van der Waals surface area contributed by atoms with Crippen molar-refractivity contribution in [2.24, 2.45) is 0 Å². The Morgan fingerprint density at radius 2 is 1.70 bits per heavy atom. The predicted molar refractivity (Wildman–Crippen MR) is 48.9 cm³/mol. The van der Waals surface area contributed by atoms with Gasteiger partial charge >= 0.3 is 0 Å². The van der Waals surface area contributed by atoms with Crippen molar-refractivity contribution in [2.45, 2.75) is 26.1 Å². The second-order valence-corrected chi connectivity index (χ2v) is 8.61. The van der Waals surface area contributed by atoms with Gasteiger partial charge in [0.1, 0.15) is 0 Å². The molecule has 1 heterocycles. The third kappa shape index (κ3) is 1.74. The highest BCUT2D eigenvalue weighted by Gasteiger charge is 2.35. The van der Waals surface area contributed by atoms with Gasteiger partial charge in [-0.3, -0.25) is 0 Å². The molecule has 1 rings (SSSR count). The van der Waals surface area contributed by atoms with E-state index in [-0.39, 0.29) is 12.2 Å². The van der Waals surface area contributed by atoms with Crippen LogP contribution >= 0.6 is 17.1 Å². The molecule has 0 radical (unpaired) electrons. The lowest BCUT2D eigenvalue weighted by Crippen LogP contribution is -2.13. The minimum atomic E-state index is -1.91. The van der Waals surface area contributed by atoms with Crippen LogP contribution in [0.3, 0.4) is 0 Å². The fraction of sp³-hybridized carbons (Fsp3) is 1.00. The van der Waals surface area contributed by atoms with Crippen molar-refractivity contribution in [3.05, 3.63) is 0 Å². The lowest BCUT2D eigenvalue weighted by atomic mass is 10.3. The summed E-state index contributed by atoms with van der Waals surface area (Å²) in [5.41, 5.74) is -1.91. The van der Waals surface area contributed by atoms with Crippen molar-refractivity contribution in [1.82, 2.24) is 0 Å². The van der Waals surface area contributed by atoms with E-state index in [2.05, 4.69) is 0 Å². The van der Waals surface area contributed by atoms with Crippen LogP contribution in [0.15, 0.2) is 0 Å². The van der Waals surface area contributed by atoms with Crippen molar-refractivity contribution in [1.29, 1.82) is 0 Å². The van der Waals surface area contributed by atoms with Crippen LogP contribution in [-0.2, 0) is 20.9 Å². The van der Waals surface area contributed by atoms with Gasteiger partial charge in [0.15, 0.2) is 0 Å². The van der Waals surface area contributed by atoms with Gasteiger partial charge in [0, 0.05) is 0 Å². The first-order valence-electron chi connectivity index (χ1n) is 3.10. The molecule has 5 heteroatoms. The molecular weight excluding hydrogens is 187 g/mol. The maximum Gasteiger partial charge on any atom is 0.247 e. The summed E-state index contributed by atoms with van der Waals surface area (Å²) in [5.74, 6) is 0. The maximum absolute atomic E-state index is 5.48. The number of hydrogen-bond donors (Lipinski definition) is 0. The molecule has 0 aromatic heterocycles. The molecule has 0 aromatic rings. The smallest absolute Gasteiger partial charge is 0.247 e. The Morgan fingerprint density at radius 3 is 1.90 bits per heavy atom. The molecule has 0 aliphatic carbocycles. The van der Waals surface area contributed by atoms with Crippen LogP contribution in [-0.4, -0.2) is 18.5 Å². The Labute approximate surface area is 70.6 Å². The zero-order valence-corrected chi connectivity index (χ0v) is 8.76. The molecule has 60 valence electrons. The highest BCUT2D eigenvalue weighted by molar-refractivity contribution is 8.67. The first kappa shape index (κ1) is 9.01. The van der Waals surface area contributed by atoms with Crippen LogP contribution in [0.4, 0.5) is 0 Å². The highest BCUT2D eigenvalue weighted by atomic mass is 32.9. The second-order valence-electron chi connectivity index (χ2n) is 2.25. The molecule has 1 aliphatic heterocycles. The topological polar surface area (TPSA) is 18.5 Å². The van der Waals surface area contributed by atoms with Crippen molar-refractivity contribution < 1.29 is 9.05 Å². The van der Waals surface area contributed by atoms with Gasteiger partial charge in [-0.25, -0.2) is 0 Å². The van der Waals surface area contributed by atoms with E-state index in [1.54, 1.807) is 0 Å². The number of rotatable bonds is 1. The van der Waals surface area contributed by atoms with E-state index in [4.69, 9.17) is 20.9 Å². The summed E-state index contributed by atoms with van der Waals surface area (Å²) in [6, 6.07) is 0. The molecule has 0 spiro atoms. The zero-order chi connectivity index (χ0) is 7.78. The largest absolute Gasteiger partial charge is 0.316 e. The average Bonchev–Trinajstić information content (AvgIpc) is 2.10. The van der Waals surface area contributed by atoms with Crippen molar-refractivity contribution in [2.75, 3.05) is 6.26 Å². The minimum absolute atomic E-state index is 0.165. The van der Waals surface area contributed by atoms with Crippen LogP contribution in [0.5, 0.6) is 0 Å². The molecule has 0 amide bonds. The van der Waals surface area contributed by atoms with Crippen molar-refractivity contribution >= 4 is 28.9 Å². The summed E-state index contributed by atoms with van der Waals surface area (Å²) >= 11 is 6.68. The van der Waals surface area contributed by atoms with Crippen molar-refractivity contribution in [3.8, 4) is 0 Å². The molecule has 0 aromatic carbocycles. The summed E-state index contributed by atoms with van der Waals surface area (Å²) < 4.78 is 11.0. The summed E-state index contributed by atoms with van der Waals surface area (Å²) in [6.45, 7) is 3.99. The van der Waals surface area contributed by atoms with Gasteiger partial charge in [-0.05, 0) is 31.9 Å². The highest BCUT2D eigenvalue weighted by Crippen LogP contribution is 2.65. The van der Waals surface area contributed by atoms with E-state index in [1.807, 2.05) is 20.1 Å². The monoisotopic (exact) mass is 198 g/mol. The SMILES string of the molecule is CSP1(=S)O[C@@H](C)[C@@H](C)O1. The fourth-order valence-corrected chi connectivity index (χ4v) is 4.21. The van der Waals surface area contributed by atoms with Gasteiger partial charge in [-0.15, -0.1) is 0 Å². The van der Waals surface area contributed by atoms with Crippen LogP contribution in [0.25, 0.3) is 0 Å². The van der Waals surface area contributed by atoms with E-state index in [0.717, 1.165) is 0 Å². The van der Waals surface area contributed by atoms with Gasteiger partial charge in [-0.1, -0.05) is 11.4 Å². The molecule has 1 unspecified atom stereocenters. The van der Waals surface area contributed by atoms with E-state index < -0.39 is 5.69 Å². The number of hydrogen-bond acceptors (Lipinski definition) is 4. The van der Waals surface area contributed by atoms with Crippen LogP contribution < -0.4 is 0 Å². The first-order valence-corrected chi connectivity index (χ1v) is 7.57. The lowest BCUT2D eigenvalue weighted by molar-refractivity contribution is 0.187. The molecule has 1 saturated heterocycles. The van der Waals surface area contributed by atoms with Gasteiger partial charge in [0.05, 0.1) is 12.2 Å². The third-order valence-electron chi connectivity index (χ3n) is 1.48. The normalized spacial score (nSPS) is 47.9. The quantitative estimate of drug-likeness (QED) is 0.602. The van der Waals surface area contributed by atoms with Crippen molar-refractivity contribution in [3.63, 3.8) is 0 Å². The molecule has 1 fully saturated rings. The summed E-state index contributed by atoms with van der Waals surface area (Å²) in [4.78, 5) is 0. The lowest BCUT2D eigenvalue weighted by Gasteiger charge is -2.08. The van der Waals surface area contributed by atoms with E-state index in [1.165, 1.54) is 11.4 Å². The maximum atomic E-state index is 5.48. The first-order chi connectivity index (χ1) is 4.57. The minimum Gasteiger partial charge on any atom is -0.316 e. The summed E-state index contributed by atoms with van der Waals surface area (Å²) in [5, 5.41) is 0. The molecule has 10 heavy (non-hydrogen) atoms.